The second kappa shape index (κ2) is 9.20. The predicted octanol–water partition coefficient (Wildman–Crippen LogP) is 3.09. The van der Waals surface area contributed by atoms with Crippen LogP contribution in [0, 0.1) is 0 Å². The van der Waals surface area contributed by atoms with Crippen molar-refractivity contribution in [2.45, 2.75) is 31.7 Å². The Kier molecular flexibility index (Phi) is 6.21. The molecule has 0 radical (unpaired) electrons. The Hall–Kier alpha value is -3.35. The highest BCUT2D eigenvalue weighted by Crippen LogP contribution is 2.26. The van der Waals surface area contributed by atoms with E-state index in [-0.39, 0.29) is 30.4 Å². The molecule has 0 saturated carbocycles. The summed E-state index contributed by atoms with van der Waals surface area (Å²) >= 11 is 0. The van der Waals surface area contributed by atoms with E-state index in [0.29, 0.717) is 44.5 Å². The summed E-state index contributed by atoms with van der Waals surface area (Å²) in [6.45, 7) is 1.31. The van der Waals surface area contributed by atoms with Gasteiger partial charge in [0.1, 0.15) is 12.3 Å². The number of para-hydroxylation sites is 1. The Morgan fingerprint density at radius 3 is 2.32 bits per heavy atom. The van der Waals surface area contributed by atoms with Crippen molar-refractivity contribution < 1.29 is 19.1 Å². The second-order valence-corrected chi connectivity index (χ2v) is 7.94. The van der Waals surface area contributed by atoms with Gasteiger partial charge in [-0.1, -0.05) is 30.3 Å². The van der Waals surface area contributed by atoms with Crippen LogP contribution in [0.4, 0.5) is 10.5 Å². The van der Waals surface area contributed by atoms with E-state index in [1.807, 2.05) is 47.4 Å². The van der Waals surface area contributed by atoms with Crippen LogP contribution >= 0.6 is 0 Å². The monoisotopic (exact) mass is 421 g/mol. The maximum absolute atomic E-state index is 12.9. The van der Waals surface area contributed by atoms with Gasteiger partial charge in [-0.2, -0.15) is 0 Å². The Morgan fingerprint density at radius 2 is 1.68 bits per heavy atom. The molecule has 2 saturated heterocycles. The molecule has 2 aromatic rings. The molecule has 0 atom stereocenters. The molecule has 4 rings (SSSR count). The lowest BCUT2D eigenvalue weighted by atomic mass is 10.0. The van der Waals surface area contributed by atoms with Crippen molar-refractivity contribution in [3.63, 3.8) is 0 Å². The smallest absolute Gasteiger partial charge is 0.332 e. The van der Waals surface area contributed by atoms with Gasteiger partial charge in [0.2, 0.25) is 5.91 Å². The lowest BCUT2D eigenvalue weighted by Gasteiger charge is -2.36. The Balaban J connectivity index is 1.28. The lowest BCUT2D eigenvalue weighted by molar-refractivity contribution is -0.132. The molecule has 0 N–H and O–H groups in total. The molecule has 0 bridgehead atoms. The number of anilines is 1. The summed E-state index contributed by atoms with van der Waals surface area (Å²) in [5, 5.41) is 0. The molecule has 7 nitrogen and oxygen atoms in total. The van der Waals surface area contributed by atoms with E-state index in [4.69, 9.17) is 4.74 Å². The number of imide groups is 1. The minimum Gasteiger partial charge on any atom is -0.497 e. The number of carbonyl (C=O) groups is 3. The maximum atomic E-state index is 12.9. The van der Waals surface area contributed by atoms with Gasteiger partial charge in [0, 0.05) is 25.6 Å². The van der Waals surface area contributed by atoms with Crippen molar-refractivity contribution >= 4 is 23.5 Å². The number of aryl methyl sites for hydroxylation is 1. The minimum absolute atomic E-state index is 0.0178. The third-order valence-corrected chi connectivity index (χ3v) is 6.05. The number of amides is 4. The first-order valence-corrected chi connectivity index (χ1v) is 10.7. The van der Waals surface area contributed by atoms with Crippen LogP contribution in [-0.4, -0.2) is 60.4 Å². The van der Waals surface area contributed by atoms with Crippen LogP contribution < -0.4 is 9.64 Å². The van der Waals surface area contributed by atoms with Gasteiger partial charge >= 0.3 is 6.03 Å². The van der Waals surface area contributed by atoms with Crippen molar-refractivity contribution in [2.75, 3.05) is 31.6 Å². The Bertz CT molecular complexity index is 937. The van der Waals surface area contributed by atoms with E-state index in [2.05, 4.69) is 0 Å². The molecule has 7 heteroatoms. The number of piperidine rings is 1. The summed E-state index contributed by atoms with van der Waals surface area (Å²) in [5.74, 6) is 0.733. The van der Waals surface area contributed by atoms with Gasteiger partial charge in [-0.05, 0) is 49.1 Å². The molecule has 2 fully saturated rings. The van der Waals surface area contributed by atoms with Crippen LogP contribution in [-0.2, 0) is 16.0 Å². The van der Waals surface area contributed by atoms with E-state index >= 15 is 0 Å². The standard InChI is InChI=1S/C24H27N3O4/c1-31-21-10-7-18(8-11-21)9-12-22(28)25-15-13-19(14-16-25)26-17-23(29)27(24(26)30)20-5-3-2-4-6-20/h2-8,10-11,19H,9,12-17H2,1H3. The summed E-state index contributed by atoms with van der Waals surface area (Å²) in [6.07, 6.45) is 2.53. The highest BCUT2D eigenvalue weighted by atomic mass is 16.5. The number of hydrogen-bond acceptors (Lipinski definition) is 4. The van der Waals surface area contributed by atoms with Gasteiger partial charge in [-0.15, -0.1) is 0 Å². The molecule has 162 valence electrons. The summed E-state index contributed by atoms with van der Waals surface area (Å²) in [5.41, 5.74) is 1.71. The van der Waals surface area contributed by atoms with Crippen LogP contribution in [0.2, 0.25) is 0 Å². The number of rotatable bonds is 6. The molecule has 0 unspecified atom stereocenters. The molecule has 2 aromatic carbocycles. The van der Waals surface area contributed by atoms with Gasteiger partial charge in [0.05, 0.1) is 12.8 Å². The number of likely N-dealkylation sites (tertiary alicyclic amines) is 1. The van der Waals surface area contributed by atoms with Gasteiger partial charge < -0.3 is 14.5 Å². The fraction of sp³-hybridized carbons (Fsp3) is 0.375. The highest BCUT2D eigenvalue weighted by Gasteiger charge is 2.41. The van der Waals surface area contributed by atoms with E-state index in [9.17, 15) is 14.4 Å². The van der Waals surface area contributed by atoms with E-state index in [1.54, 1.807) is 24.1 Å². The van der Waals surface area contributed by atoms with Crippen LogP contribution in [0.5, 0.6) is 5.75 Å². The van der Waals surface area contributed by atoms with E-state index in [0.717, 1.165) is 11.3 Å². The second-order valence-electron chi connectivity index (χ2n) is 7.94. The van der Waals surface area contributed by atoms with Gasteiger partial charge in [0.25, 0.3) is 5.91 Å². The average molecular weight is 421 g/mol. The van der Waals surface area contributed by atoms with Crippen molar-refractivity contribution in [1.82, 2.24) is 9.80 Å². The first kappa shape index (κ1) is 20.9. The average Bonchev–Trinajstić information content (AvgIpc) is 3.12. The Morgan fingerprint density at radius 1 is 1.00 bits per heavy atom. The minimum atomic E-state index is -0.263. The highest BCUT2D eigenvalue weighted by molar-refractivity contribution is 6.19. The SMILES string of the molecule is COc1ccc(CCC(=O)N2CCC(N3CC(=O)N(c4ccccc4)C3=O)CC2)cc1. The van der Waals surface area contributed by atoms with Crippen molar-refractivity contribution in [2.24, 2.45) is 0 Å². The van der Waals surface area contributed by atoms with Crippen molar-refractivity contribution in [3.05, 3.63) is 60.2 Å². The number of hydrogen-bond donors (Lipinski definition) is 0. The lowest BCUT2D eigenvalue weighted by Crippen LogP contribution is -2.48. The molecule has 0 aliphatic carbocycles. The molecular weight excluding hydrogens is 394 g/mol. The van der Waals surface area contributed by atoms with Gasteiger partial charge in [-0.25, -0.2) is 9.69 Å². The first-order chi connectivity index (χ1) is 15.1. The topological polar surface area (TPSA) is 70.2 Å². The largest absolute Gasteiger partial charge is 0.497 e. The summed E-state index contributed by atoms with van der Waals surface area (Å²) in [4.78, 5) is 42.8. The molecular formula is C24H27N3O4. The molecule has 2 aliphatic heterocycles. The normalized spacial score (nSPS) is 17.4. The number of nitrogens with zero attached hydrogens (tertiary/aromatic N) is 3. The maximum Gasteiger partial charge on any atom is 0.332 e. The number of carbonyl (C=O) groups excluding carboxylic acids is 3. The third-order valence-electron chi connectivity index (χ3n) is 6.05. The summed E-state index contributed by atoms with van der Waals surface area (Å²) in [6, 6.07) is 16.5. The number of methoxy groups -OCH3 is 1. The fourth-order valence-electron chi connectivity index (χ4n) is 4.26. The predicted molar refractivity (Wildman–Crippen MR) is 117 cm³/mol. The molecule has 2 aliphatic rings. The molecule has 0 aromatic heterocycles. The van der Waals surface area contributed by atoms with Crippen molar-refractivity contribution in [3.8, 4) is 5.75 Å². The zero-order valence-electron chi connectivity index (χ0n) is 17.7. The van der Waals surface area contributed by atoms with E-state index in [1.165, 1.54) is 4.90 Å². The van der Waals surface area contributed by atoms with Crippen LogP contribution in [0.3, 0.4) is 0 Å². The number of urea groups is 1. The third kappa shape index (κ3) is 4.55. The van der Waals surface area contributed by atoms with E-state index < -0.39 is 0 Å². The van der Waals surface area contributed by atoms with Crippen LogP contribution in [0.15, 0.2) is 54.6 Å². The Labute approximate surface area is 182 Å². The zero-order chi connectivity index (χ0) is 21.8. The molecule has 2 heterocycles. The quantitative estimate of drug-likeness (QED) is 0.672. The van der Waals surface area contributed by atoms with Crippen molar-refractivity contribution in [1.29, 1.82) is 0 Å². The first-order valence-electron chi connectivity index (χ1n) is 10.7. The molecule has 0 spiro atoms. The van der Waals surface area contributed by atoms with Crippen LogP contribution in [0.25, 0.3) is 0 Å². The number of ether oxygens (including phenoxy) is 1. The molecule has 4 amide bonds. The number of benzene rings is 2. The molecule has 31 heavy (non-hydrogen) atoms. The van der Waals surface area contributed by atoms with Crippen LogP contribution in [0.1, 0.15) is 24.8 Å². The zero-order valence-corrected chi connectivity index (χ0v) is 17.7. The van der Waals surface area contributed by atoms with Gasteiger partial charge in [-0.3, -0.25) is 9.59 Å². The summed E-state index contributed by atoms with van der Waals surface area (Å²) in [7, 11) is 1.63. The summed E-state index contributed by atoms with van der Waals surface area (Å²) < 4.78 is 5.16. The fourth-order valence-corrected chi connectivity index (χ4v) is 4.26. The van der Waals surface area contributed by atoms with Gasteiger partial charge in [0.15, 0.2) is 0 Å².